The molecule has 0 fully saturated rings. The Balaban J connectivity index is 2.12. The van der Waals surface area contributed by atoms with Crippen molar-refractivity contribution in [1.82, 2.24) is 5.32 Å². The largest absolute Gasteiger partial charge is 0.494 e. The maximum absolute atomic E-state index is 13.3. The molecule has 0 heterocycles. The molecule has 0 spiro atoms. The van der Waals surface area contributed by atoms with Crippen molar-refractivity contribution in [1.29, 1.82) is 0 Å². The van der Waals surface area contributed by atoms with Gasteiger partial charge in [-0.2, -0.15) is 0 Å². The normalized spacial score (nSPS) is 13.7. The molecule has 0 aliphatic carbocycles. The third kappa shape index (κ3) is 4.05. The van der Waals surface area contributed by atoms with Crippen LogP contribution in [0.15, 0.2) is 48.5 Å². The molecule has 1 unspecified atom stereocenters. The first kappa shape index (κ1) is 15.5. The van der Waals surface area contributed by atoms with Gasteiger partial charge in [0, 0.05) is 17.6 Å². The van der Waals surface area contributed by atoms with Crippen molar-refractivity contribution in [2.24, 2.45) is 0 Å². The van der Waals surface area contributed by atoms with Crippen molar-refractivity contribution in [3.8, 4) is 5.75 Å². The molecule has 0 radical (unpaired) electrons. The molecule has 0 saturated heterocycles. The van der Waals surface area contributed by atoms with Crippen LogP contribution in [0.3, 0.4) is 0 Å². The van der Waals surface area contributed by atoms with E-state index in [1.807, 2.05) is 38.1 Å². The van der Waals surface area contributed by atoms with E-state index in [0.29, 0.717) is 6.61 Å². The Morgan fingerprint density at radius 1 is 1.05 bits per heavy atom. The van der Waals surface area contributed by atoms with Crippen LogP contribution in [0.25, 0.3) is 0 Å². The lowest BCUT2D eigenvalue weighted by atomic mass is 10.0. The van der Waals surface area contributed by atoms with Crippen molar-refractivity contribution in [3.05, 3.63) is 65.5 Å². The molecule has 2 aromatic rings. The van der Waals surface area contributed by atoms with Crippen molar-refractivity contribution in [2.75, 3.05) is 6.61 Å². The van der Waals surface area contributed by atoms with Crippen LogP contribution < -0.4 is 10.1 Å². The Labute approximate surface area is 126 Å². The average molecular weight is 287 g/mol. The first-order valence-corrected chi connectivity index (χ1v) is 7.35. The summed E-state index contributed by atoms with van der Waals surface area (Å²) in [5, 5.41) is 3.49. The van der Waals surface area contributed by atoms with E-state index in [1.54, 1.807) is 12.1 Å². The van der Waals surface area contributed by atoms with Gasteiger partial charge in [-0.3, -0.25) is 0 Å². The molecule has 0 aromatic heterocycles. The minimum absolute atomic E-state index is 0.0605. The van der Waals surface area contributed by atoms with Gasteiger partial charge >= 0.3 is 0 Å². The standard InChI is InChI=1S/C18H22FNO/c1-4-21-18-11-6-5-10-17(18)14(3)20-13(2)15-8-7-9-16(19)12-15/h5-14,20H,4H2,1-3H3/t13-,14?/m0/s1. The number of hydrogen-bond acceptors (Lipinski definition) is 2. The predicted octanol–water partition coefficient (Wildman–Crippen LogP) is 4.64. The molecule has 2 rings (SSSR count). The van der Waals surface area contributed by atoms with Crippen molar-refractivity contribution in [3.63, 3.8) is 0 Å². The van der Waals surface area contributed by atoms with E-state index in [9.17, 15) is 4.39 Å². The Morgan fingerprint density at radius 2 is 1.81 bits per heavy atom. The zero-order valence-corrected chi connectivity index (χ0v) is 12.8. The van der Waals surface area contributed by atoms with E-state index in [2.05, 4.69) is 18.3 Å². The Bertz CT molecular complexity index is 585. The number of halogens is 1. The van der Waals surface area contributed by atoms with E-state index >= 15 is 0 Å². The Kier molecular flexibility index (Phi) is 5.34. The quantitative estimate of drug-likeness (QED) is 0.836. The third-order valence-corrected chi connectivity index (χ3v) is 3.53. The van der Waals surface area contributed by atoms with E-state index in [-0.39, 0.29) is 17.9 Å². The maximum Gasteiger partial charge on any atom is 0.124 e. The van der Waals surface area contributed by atoms with Crippen LogP contribution in [0.1, 0.15) is 44.0 Å². The second-order valence-electron chi connectivity index (χ2n) is 5.14. The van der Waals surface area contributed by atoms with E-state index in [0.717, 1.165) is 16.9 Å². The lowest BCUT2D eigenvalue weighted by Gasteiger charge is -2.22. The number of para-hydroxylation sites is 1. The number of benzene rings is 2. The summed E-state index contributed by atoms with van der Waals surface area (Å²) in [5.41, 5.74) is 2.05. The molecule has 0 aliphatic rings. The van der Waals surface area contributed by atoms with Gasteiger partial charge in [0.2, 0.25) is 0 Å². The summed E-state index contributed by atoms with van der Waals surface area (Å²) in [7, 11) is 0. The lowest BCUT2D eigenvalue weighted by molar-refractivity contribution is 0.331. The van der Waals surface area contributed by atoms with E-state index < -0.39 is 0 Å². The van der Waals surface area contributed by atoms with Crippen molar-refractivity contribution < 1.29 is 9.13 Å². The van der Waals surface area contributed by atoms with Gasteiger partial charge in [-0.1, -0.05) is 30.3 Å². The lowest BCUT2D eigenvalue weighted by Crippen LogP contribution is -2.23. The van der Waals surface area contributed by atoms with Gasteiger partial charge < -0.3 is 10.1 Å². The van der Waals surface area contributed by atoms with Crippen molar-refractivity contribution in [2.45, 2.75) is 32.9 Å². The first-order chi connectivity index (χ1) is 10.1. The Hall–Kier alpha value is -1.87. The summed E-state index contributed by atoms with van der Waals surface area (Å²) in [6.45, 7) is 6.75. The zero-order chi connectivity index (χ0) is 15.2. The predicted molar refractivity (Wildman–Crippen MR) is 84.0 cm³/mol. The molecular weight excluding hydrogens is 265 g/mol. The minimum Gasteiger partial charge on any atom is -0.494 e. The highest BCUT2D eigenvalue weighted by molar-refractivity contribution is 5.36. The second-order valence-corrected chi connectivity index (χ2v) is 5.14. The molecule has 2 aromatic carbocycles. The van der Waals surface area contributed by atoms with E-state index in [1.165, 1.54) is 6.07 Å². The van der Waals surface area contributed by atoms with Gasteiger partial charge in [0.05, 0.1) is 6.61 Å². The van der Waals surface area contributed by atoms with Crippen LogP contribution in [0.5, 0.6) is 5.75 Å². The molecule has 2 atom stereocenters. The van der Waals surface area contributed by atoms with Crippen LogP contribution in [0.2, 0.25) is 0 Å². The molecule has 0 amide bonds. The second kappa shape index (κ2) is 7.23. The fourth-order valence-electron chi connectivity index (χ4n) is 2.46. The topological polar surface area (TPSA) is 21.3 Å². The summed E-state index contributed by atoms with van der Waals surface area (Å²) in [5.74, 6) is 0.690. The minimum atomic E-state index is -0.205. The monoisotopic (exact) mass is 287 g/mol. The summed E-state index contributed by atoms with van der Waals surface area (Å²) in [4.78, 5) is 0. The van der Waals surface area contributed by atoms with E-state index in [4.69, 9.17) is 4.74 Å². The summed E-state index contributed by atoms with van der Waals surface area (Å²) in [6, 6.07) is 14.9. The highest BCUT2D eigenvalue weighted by Gasteiger charge is 2.14. The first-order valence-electron chi connectivity index (χ1n) is 7.35. The zero-order valence-electron chi connectivity index (χ0n) is 12.8. The van der Waals surface area contributed by atoms with Crippen molar-refractivity contribution >= 4 is 0 Å². The number of nitrogens with one attached hydrogen (secondary N) is 1. The number of hydrogen-bond donors (Lipinski definition) is 1. The van der Waals surface area contributed by atoms with Gasteiger partial charge in [-0.25, -0.2) is 4.39 Å². The molecule has 0 aliphatic heterocycles. The van der Waals surface area contributed by atoms with Crippen LogP contribution in [-0.4, -0.2) is 6.61 Å². The fraction of sp³-hybridized carbons (Fsp3) is 0.333. The highest BCUT2D eigenvalue weighted by atomic mass is 19.1. The van der Waals surface area contributed by atoms with Gasteiger partial charge in [0.15, 0.2) is 0 Å². The molecule has 0 saturated carbocycles. The van der Waals surface area contributed by atoms with Crippen LogP contribution in [-0.2, 0) is 0 Å². The SMILES string of the molecule is CCOc1ccccc1C(C)N[C@@H](C)c1cccc(F)c1. The fourth-order valence-corrected chi connectivity index (χ4v) is 2.46. The van der Waals surface area contributed by atoms with Crippen LogP contribution in [0, 0.1) is 5.82 Å². The van der Waals surface area contributed by atoms with Crippen LogP contribution in [0.4, 0.5) is 4.39 Å². The highest BCUT2D eigenvalue weighted by Crippen LogP contribution is 2.27. The average Bonchev–Trinajstić information content (AvgIpc) is 2.48. The summed E-state index contributed by atoms with van der Waals surface area (Å²) in [6.07, 6.45) is 0. The smallest absolute Gasteiger partial charge is 0.124 e. The van der Waals surface area contributed by atoms with Gasteiger partial charge in [0.25, 0.3) is 0 Å². The molecule has 1 N–H and O–H groups in total. The van der Waals surface area contributed by atoms with Crippen LogP contribution >= 0.6 is 0 Å². The molecule has 2 nitrogen and oxygen atoms in total. The molecule has 0 bridgehead atoms. The molecule has 3 heteroatoms. The number of rotatable bonds is 6. The third-order valence-electron chi connectivity index (χ3n) is 3.53. The van der Waals surface area contributed by atoms with Gasteiger partial charge in [-0.15, -0.1) is 0 Å². The Morgan fingerprint density at radius 3 is 2.52 bits per heavy atom. The molecule has 21 heavy (non-hydrogen) atoms. The summed E-state index contributed by atoms with van der Waals surface area (Å²) >= 11 is 0. The molecular formula is C18H22FNO. The summed E-state index contributed by atoms with van der Waals surface area (Å²) < 4.78 is 19.0. The molecule has 112 valence electrons. The van der Waals surface area contributed by atoms with Gasteiger partial charge in [-0.05, 0) is 44.5 Å². The number of ether oxygens (including phenoxy) is 1. The maximum atomic E-state index is 13.3. The van der Waals surface area contributed by atoms with Gasteiger partial charge in [0.1, 0.15) is 11.6 Å².